The summed E-state index contributed by atoms with van der Waals surface area (Å²) in [5.41, 5.74) is 1.54. The van der Waals surface area contributed by atoms with E-state index in [0.717, 1.165) is 0 Å². The third-order valence-electron chi connectivity index (χ3n) is 2.44. The van der Waals surface area contributed by atoms with Crippen molar-refractivity contribution < 1.29 is 0 Å². The van der Waals surface area contributed by atoms with E-state index in [1.165, 1.54) is 45.2 Å². The molecule has 12 heavy (non-hydrogen) atoms. The number of nitrogens with zero attached hydrogens (tertiary/aromatic N) is 1. The van der Waals surface area contributed by atoms with E-state index in [9.17, 15) is 0 Å². The van der Waals surface area contributed by atoms with Crippen molar-refractivity contribution >= 4 is 0 Å². The third kappa shape index (κ3) is 3.29. The van der Waals surface area contributed by atoms with Gasteiger partial charge in [-0.05, 0) is 38.8 Å². The highest BCUT2D eigenvalue weighted by atomic mass is 15.1. The Bertz CT molecular complexity index is 143. The largest absolute Gasteiger partial charge is 0.377 e. The van der Waals surface area contributed by atoms with Crippen LogP contribution in [-0.4, -0.2) is 18.0 Å². The van der Waals surface area contributed by atoms with Crippen molar-refractivity contribution in [3.8, 4) is 0 Å². The summed E-state index contributed by atoms with van der Waals surface area (Å²) in [5, 5.41) is 0. The van der Waals surface area contributed by atoms with Crippen LogP contribution in [0.5, 0.6) is 0 Å². The van der Waals surface area contributed by atoms with Gasteiger partial charge in [-0.15, -0.1) is 0 Å². The van der Waals surface area contributed by atoms with E-state index >= 15 is 0 Å². The van der Waals surface area contributed by atoms with E-state index < -0.39 is 0 Å². The first-order valence-electron chi connectivity index (χ1n) is 5.24. The lowest BCUT2D eigenvalue weighted by Crippen LogP contribution is -2.24. The highest BCUT2D eigenvalue weighted by Gasteiger charge is 2.05. The monoisotopic (exact) mass is 167 g/mol. The first-order valence-corrected chi connectivity index (χ1v) is 5.24. The Morgan fingerprint density at radius 3 is 2.50 bits per heavy atom. The standard InChI is InChI=1S/C11H21N/c1-3-7-11(2)10-12-8-5-4-6-9-12/h10H,3-9H2,1-2H3/b11-10+. The Balaban J connectivity index is 2.31. The SMILES string of the molecule is CCC/C(C)=C/N1CCCCC1. The molecule has 0 N–H and O–H groups in total. The molecule has 0 aromatic carbocycles. The van der Waals surface area contributed by atoms with Crippen molar-refractivity contribution in [2.75, 3.05) is 13.1 Å². The van der Waals surface area contributed by atoms with E-state index in [1.807, 2.05) is 0 Å². The summed E-state index contributed by atoms with van der Waals surface area (Å²) in [7, 11) is 0. The normalized spacial score (nSPS) is 19.8. The summed E-state index contributed by atoms with van der Waals surface area (Å²) in [5.74, 6) is 0. The van der Waals surface area contributed by atoms with Gasteiger partial charge in [0.15, 0.2) is 0 Å². The predicted molar refractivity (Wildman–Crippen MR) is 54.1 cm³/mol. The maximum atomic E-state index is 2.48. The Labute approximate surface area is 76.5 Å². The Hall–Kier alpha value is -0.460. The highest BCUT2D eigenvalue weighted by molar-refractivity contribution is 4.97. The zero-order chi connectivity index (χ0) is 8.81. The number of rotatable bonds is 3. The topological polar surface area (TPSA) is 3.24 Å². The summed E-state index contributed by atoms with van der Waals surface area (Å²) in [6, 6.07) is 0. The van der Waals surface area contributed by atoms with Crippen LogP contribution in [0.1, 0.15) is 46.0 Å². The van der Waals surface area contributed by atoms with Crippen molar-refractivity contribution in [3.05, 3.63) is 11.8 Å². The molecule has 0 aliphatic carbocycles. The molecule has 0 bridgehead atoms. The second-order valence-electron chi connectivity index (χ2n) is 3.82. The maximum absolute atomic E-state index is 2.48. The molecule has 0 aromatic rings. The van der Waals surface area contributed by atoms with Crippen molar-refractivity contribution in [2.45, 2.75) is 46.0 Å². The number of allylic oxidation sites excluding steroid dienone is 1. The number of hydrogen-bond donors (Lipinski definition) is 0. The van der Waals surface area contributed by atoms with E-state index in [4.69, 9.17) is 0 Å². The van der Waals surface area contributed by atoms with Gasteiger partial charge in [-0.3, -0.25) is 0 Å². The Kier molecular flexibility index (Phi) is 4.20. The van der Waals surface area contributed by atoms with Crippen LogP contribution < -0.4 is 0 Å². The summed E-state index contributed by atoms with van der Waals surface area (Å²) in [4.78, 5) is 2.48. The number of piperidine rings is 1. The Morgan fingerprint density at radius 1 is 1.25 bits per heavy atom. The van der Waals surface area contributed by atoms with E-state index in [2.05, 4.69) is 24.9 Å². The van der Waals surface area contributed by atoms with Gasteiger partial charge < -0.3 is 4.90 Å². The lowest BCUT2D eigenvalue weighted by Gasteiger charge is -2.25. The van der Waals surface area contributed by atoms with Crippen LogP contribution in [0.25, 0.3) is 0 Å². The van der Waals surface area contributed by atoms with Gasteiger partial charge in [-0.25, -0.2) is 0 Å². The molecule has 1 aliphatic rings. The molecule has 1 aliphatic heterocycles. The van der Waals surface area contributed by atoms with E-state index in [0.29, 0.717) is 0 Å². The fourth-order valence-electron chi connectivity index (χ4n) is 1.82. The molecule has 0 spiro atoms. The minimum atomic E-state index is 1.26. The fraction of sp³-hybridized carbons (Fsp3) is 0.818. The van der Waals surface area contributed by atoms with Gasteiger partial charge in [0, 0.05) is 13.1 Å². The first-order chi connectivity index (χ1) is 5.83. The number of hydrogen-bond acceptors (Lipinski definition) is 1. The Morgan fingerprint density at radius 2 is 1.92 bits per heavy atom. The van der Waals surface area contributed by atoms with Gasteiger partial charge in [0.2, 0.25) is 0 Å². The van der Waals surface area contributed by atoms with Crippen molar-refractivity contribution in [1.82, 2.24) is 4.90 Å². The van der Waals surface area contributed by atoms with Crippen LogP contribution in [0.3, 0.4) is 0 Å². The summed E-state index contributed by atoms with van der Waals surface area (Å²) in [6.07, 6.45) is 9.10. The molecule has 0 unspecified atom stereocenters. The van der Waals surface area contributed by atoms with Crippen LogP contribution in [0.4, 0.5) is 0 Å². The molecule has 0 radical (unpaired) electrons. The summed E-state index contributed by atoms with van der Waals surface area (Å²) in [6.45, 7) is 7.05. The maximum Gasteiger partial charge on any atom is 0.0172 e. The molecule has 1 nitrogen and oxygen atoms in total. The van der Waals surface area contributed by atoms with Gasteiger partial charge in [0.25, 0.3) is 0 Å². The van der Waals surface area contributed by atoms with Crippen LogP contribution in [-0.2, 0) is 0 Å². The predicted octanol–water partition coefficient (Wildman–Crippen LogP) is 3.18. The zero-order valence-corrected chi connectivity index (χ0v) is 8.47. The lowest BCUT2D eigenvalue weighted by atomic mass is 10.1. The molecule has 0 aromatic heterocycles. The molecule has 1 fully saturated rings. The van der Waals surface area contributed by atoms with Crippen molar-refractivity contribution in [1.29, 1.82) is 0 Å². The molecule has 1 heterocycles. The average Bonchev–Trinajstić information content (AvgIpc) is 2.06. The molecule has 1 rings (SSSR count). The van der Waals surface area contributed by atoms with Gasteiger partial charge in [0.1, 0.15) is 0 Å². The fourth-order valence-corrected chi connectivity index (χ4v) is 1.82. The van der Waals surface area contributed by atoms with Crippen molar-refractivity contribution in [2.24, 2.45) is 0 Å². The molecule has 0 atom stereocenters. The minimum absolute atomic E-state index is 1.26. The molecule has 1 heteroatoms. The summed E-state index contributed by atoms with van der Waals surface area (Å²) >= 11 is 0. The third-order valence-corrected chi connectivity index (χ3v) is 2.44. The van der Waals surface area contributed by atoms with Gasteiger partial charge in [-0.1, -0.05) is 18.9 Å². The van der Waals surface area contributed by atoms with Crippen molar-refractivity contribution in [3.63, 3.8) is 0 Å². The molecule has 70 valence electrons. The molecular weight excluding hydrogens is 146 g/mol. The van der Waals surface area contributed by atoms with Crippen LogP contribution >= 0.6 is 0 Å². The van der Waals surface area contributed by atoms with E-state index in [1.54, 1.807) is 5.57 Å². The summed E-state index contributed by atoms with van der Waals surface area (Å²) < 4.78 is 0. The molecule has 0 saturated carbocycles. The quantitative estimate of drug-likeness (QED) is 0.624. The van der Waals surface area contributed by atoms with Crippen LogP contribution in [0.15, 0.2) is 11.8 Å². The van der Waals surface area contributed by atoms with Gasteiger partial charge in [0.05, 0.1) is 0 Å². The first kappa shape index (κ1) is 9.63. The zero-order valence-electron chi connectivity index (χ0n) is 8.47. The van der Waals surface area contributed by atoms with Crippen LogP contribution in [0.2, 0.25) is 0 Å². The number of likely N-dealkylation sites (tertiary alicyclic amines) is 1. The van der Waals surface area contributed by atoms with E-state index in [-0.39, 0.29) is 0 Å². The van der Waals surface area contributed by atoms with Crippen LogP contribution in [0, 0.1) is 0 Å². The second-order valence-corrected chi connectivity index (χ2v) is 3.82. The molecule has 1 saturated heterocycles. The second kappa shape index (κ2) is 5.23. The van der Waals surface area contributed by atoms with Gasteiger partial charge >= 0.3 is 0 Å². The minimum Gasteiger partial charge on any atom is -0.377 e. The average molecular weight is 167 g/mol. The molecular formula is C11H21N. The molecule has 0 amide bonds. The lowest BCUT2D eigenvalue weighted by molar-refractivity contribution is 0.307. The van der Waals surface area contributed by atoms with Gasteiger partial charge in [-0.2, -0.15) is 0 Å². The smallest absolute Gasteiger partial charge is 0.0172 e. The highest BCUT2D eigenvalue weighted by Crippen LogP contribution is 2.12.